The third-order valence-corrected chi connectivity index (χ3v) is 5.76. The van der Waals surface area contributed by atoms with Gasteiger partial charge in [-0.05, 0) is 66.4 Å². The first-order valence-electron chi connectivity index (χ1n) is 10.6. The largest absolute Gasteiger partial charge is 0.462 e. The minimum atomic E-state index is -3.57. The fraction of sp³-hybridized carbons (Fsp3) is 0.200. The van der Waals surface area contributed by atoms with Crippen LogP contribution < -0.4 is 10.0 Å². The molecule has 0 unspecified atom stereocenters. The molecule has 0 saturated carbocycles. The average molecular weight is 501 g/mol. The van der Waals surface area contributed by atoms with E-state index in [4.69, 9.17) is 16.3 Å². The van der Waals surface area contributed by atoms with Crippen molar-refractivity contribution >= 4 is 39.2 Å². The molecule has 0 aliphatic rings. The molecule has 0 atom stereocenters. The fourth-order valence-corrected chi connectivity index (χ4v) is 4.02. The lowest BCUT2D eigenvalue weighted by Crippen LogP contribution is -2.26. The Morgan fingerprint density at radius 2 is 1.50 bits per heavy atom. The number of benzene rings is 3. The van der Waals surface area contributed by atoms with Gasteiger partial charge in [0.2, 0.25) is 10.0 Å². The summed E-state index contributed by atoms with van der Waals surface area (Å²) < 4.78 is 30.9. The first kappa shape index (κ1) is 25.3. The zero-order chi connectivity index (χ0) is 24.7. The second-order valence-electron chi connectivity index (χ2n) is 7.56. The molecule has 178 valence electrons. The molecule has 0 radical (unpaired) electrons. The Labute approximate surface area is 204 Å². The van der Waals surface area contributed by atoms with E-state index in [-0.39, 0.29) is 30.3 Å². The van der Waals surface area contributed by atoms with Crippen LogP contribution in [0.1, 0.15) is 33.2 Å². The van der Waals surface area contributed by atoms with Gasteiger partial charge >= 0.3 is 5.97 Å². The third kappa shape index (κ3) is 7.07. The zero-order valence-corrected chi connectivity index (χ0v) is 20.4. The number of rotatable bonds is 9. The molecule has 0 fully saturated rings. The number of ether oxygens (including phenoxy) is 1. The van der Waals surface area contributed by atoms with Crippen LogP contribution in [0.4, 0.5) is 5.69 Å². The highest BCUT2D eigenvalue weighted by atomic mass is 35.5. The number of amides is 1. The molecule has 0 bridgehead atoms. The number of esters is 1. The average Bonchev–Trinajstić information content (AvgIpc) is 2.79. The van der Waals surface area contributed by atoms with Gasteiger partial charge < -0.3 is 10.1 Å². The van der Waals surface area contributed by atoms with Crippen LogP contribution in [0.2, 0.25) is 5.02 Å². The molecule has 2 N–H and O–H groups in total. The summed E-state index contributed by atoms with van der Waals surface area (Å²) in [6, 6.07) is 19.3. The predicted molar refractivity (Wildman–Crippen MR) is 134 cm³/mol. The molecule has 3 aromatic rings. The molecule has 0 spiro atoms. The van der Waals surface area contributed by atoms with E-state index in [9.17, 15) is 18.0 Å². The number of hydrogen-bond donors (Lipinski definition) is 2. The molecule has 1 amide bonds. The van der Waals surface area contributed by atoms with E-state index in [1.165, 1.54) is 6.07 Å². The van der Waals surface area contributed by atoms with Crippen molar-refractivity contribution < 1.29 is 22.7 Å². The molecule has 0 aliphatic heterocycles. The highest BCUT2D eigenvalue weighted by Crippen LogP contribution is 2.22. The van der Waals surface area contributed by atoms with Crippen molar-refractivity contribution in [2.75, 3.05) is 24.1 Å². The maximum atomic E-state index is 12.6. The number of nitrogens with one attached hydrogen (secondary N) is 2. The molecular formula is C25H25ClN2O5S. The molecule has 3 rings (SSSR count). The second-order valence-corrected chi connectivity index (χ2v) is 9.74. The van der Waals surface area contributed by atoms with E-state index in [1.54, 1.807) is 31.2 Å². The highest BCUT2D eigenvalue weighted by Gasteiger charge is 2.14. The van der Waals surface area contributed by atoms with Crippen molar-refractivity contribution in [2.45, 2.75) is 13.3 Å². The molecule has 0 heterocycles. The van der Waals surface area contributed by atoms with Gasteiger partial charge in [0, 0.05) is 17.1 Å². The number of sulfonamides is 1. The van der Waals surface area contributed by atoms with Crippen molar-refractivity contribution in [3.05, 3.63) is 88.4 Å². The number of hydrogen-bond acceptors (Lipinski definition) is 5. The zero-order valence-electron chi connectivity index (χ0n) is 18.8. The van der Waals surface area contributed by atoms with Gasteiger partial charge in [-0.2, -0.15) is 0 Å². The van der Waals surface area contributed by atoms with Gasteiger partial charge in [-0.3, -0.25) is 9.52 Å². The van der Waals surface area contributed by atoms with Crippen molar-refractivity contribution in [2.24, 2.45) is 0 Å². The van der Waals surface area contributed by atoms with Crippen molar-refractivity contribution in [1.82, 2.24) is 5.32 Å². The first-order chi connectivity index (χ1) is 16.2. The number of carbonyl (C=O) groups is 2. The highest BCUT2D eigenvalue weighted by molar-refractivity contribution is 7.92. The van der Waals surface area contributed by atoms with Gasteiger partial charge in [0.05, 0.1) is 24.1 Å². The molecule has 0 aromatic heterocycles. The van der Waals surface area contributed by atoms with Crippen LogP contribution in [-0.2, 0) is 21.2 Å². The molecular weight excluding hydrogens is 476 g/mol. The SMILES string of the molecule is CCOC(=O)c1ccc(CCNC(=O)c2ccc(-c3ccc(Cl)cc3)cc2)c(NS(C)(=O)=O)c1. The van der Waals surface area contributed by atoms with Crippen LogP contribution >= 0.6 is 11.6 Å². The maximum Gasteiger partial charge on any atom is 0.338 e. The van der Waals surface area contributed by atoms with E-state index >= 15 is 0 Å². The van der Waals surface area contributed by atoms with Crippen LogP contribution in [-0.4, -0.2) is 39.7 Å². The summed E-state index contributed by atoms with van der Waals surface area (Å²) in [5, 5.41) is 3.49. The summed E-state index contributed by atoms with van der Waals surface area (Å²) in [5.41, 5.74) is 3.61. The van der Waals surface area contributed by atoms with E-state index in [0.717, 1.165) is 17.4 Å². The topological polar surface area (TPSA) is 102 Å². The van der Waals surface area contributed by atoms with E-state index in [0.29, 0.717) is 22.6 Å². The Morgan fingerprint density at radius 1 is 0.912 bits per heavy atom. The third-order valence-electron chi connectivity index (χ3n) is 4.92. The van der Waals surface area contributed by atoms with E-state index < -0.39 is 16.0 Å². The molecule has 0 aliphatic carbocycles. The van der Waals surface area contributed by atoms with Crippen molar-refractivity contribution in [3.8, 4) is 11.1 Å². The van der Waals surface area contributed by atoms with Crippen molar-refractivity contribution in [3.63, 3.8) is 0 Å². The second kappa shape index (κ2) is 11.2. The van der Waals surface area contributed by atoms with E-state index in [1.807, 2.05) is 36.4 Å². The summed E-state index contributed by atoms with van der Waals surface area (Å²) in [6.07, 6.45) is 1.39. The molecule has 7 nitrogen and oxygen atoms in total. The molecule has 34 heavy (non-hydrogen) atoms. The summed E-state index contributed by atoms with van der Waals surface area (Å²) in [7, 11) is -3.57. The van der Waals surface area contributed by atoms with Gasteiger partial charge in [-0.25, -0.2) is 13.2 Å². The van der Waals surface area contributed by atoms with Crippen LogP contribution in [0.25, 0.3) is 11.1 Å². The number of halogens is 1. The molecule has 0 saturated heterocycles. The summed E-state index contributed by atoms with van der Waals surface area (Å²) in [5.74, 6) is -0.788. The minimum absolute atomic E-state index is 0.210. The quantitative estimate of drug-likeness (QED) is 0.420. The molecule has 3 aromatic carbocycles. The van der Waals surface area contributed by atoms with Crippen molar-refractivity contribution in [1.29, 1.82) is 0 Å². The number of anilines is 1. The van der Waals surface area contributed by atoms with Crippen LogP contribution in [0.5, 0.6) is 0 Å². The summed E-state index contributed by atoms with van der Waals surface area (Å²) in [4.78, 5) is 24.6. The Bertz CT molecular complexity index is 1270. The standard InChI is InChI=1S/C25H25ClN2O5S/c1-3-33-25(30)21-9-6-19(23(16-21)28-34(2,31)32)14-15-27-24(29)20-7-4-17(5-8-20)18-10-12-22(26)13-11-18/h4-13,16,28H,3,14-15H2,1-2H3,(H,27,29). The van der Waals surface area contributed by atoms with Gasteiger partial charge in [0.15, 0.2) is 0 Å². The summed E-state index contributed by atoms with van der Waals surface area (Å²) >= 11 is 5.93. The van der Waals surface area contributed by atoms with Crippen LogP contribution in [0, 0.1) is 0 Å². The maximum absolute atomic E-state index is 12.6. The van der Waals surface area contributed by atoms with Crippen LogP contribution in [0.15, 0.2) is 66.7 Å². The normalized spacial score (nSPS) is 11.0. The Morgan fingerprint density at radius 3 is 2.09 bits per heavy atom. The minimum Gasteiger partial charge on any atom is -0.462 e. The Balaban J connectivity index is 1.66. The van der Waals surface area contributed by atoms with Crippen LogP contribution in [0.3, 0.4) is 0 Å². The number of carbonyl (C=O) groups excluding carboxylic acids is 2. The predicted octanol–water partition coefficient (Wildman–Crippen LogP) is 4.53. The van der Waals surface area contributed by atoms with E-state index in [2.05, 4.69) is 10.0 Å². The fourth-order valence-electron chi connectivity index (χ4n) is 3.30. The Kier molecular flexibility index (Phi) is 8.31. The lowest BCUT2D eigenvalue weighted by molar-refractivity contribution is 0.0526. The monoisotopic (exact) mass is 500 g/mol. The lowest BCUT2D eigenvalue weighted by Gasteiger charge is -2.13. The van der Waals surface area contributed by atoms with Gasteiger partial charge in [-0.15, -0.1) is 0 Å². The smallest absolute Gasteiger partial charge is 0.338 e. The Hall–Kier alpha value is -3.36. The molecule has 9 heteroatoms. The van der Waals surface area contributed by atoms with Gasteiger partial charge in [-0.1, -0.05) is 41.9 Å². The lowest BCUT2D eigenvalue weighted by atomic mass is 10.0. The summed E-state index contributed by atoms with van der Waals surface area (Å²) in [6.45, 7) is 2.17. The first-order valence-corrected chi connectivity index (χ1v) is 12.9. The van der Waals surface area contributed by atoms with Gasteiger partial charge in [0.1, 0.15) is 0 Å². The van der Waals surface area contributed by atoms with Gasteiger partial charge in [0.25, 0.3) is 5.91 Å².